The number of fused-ring (bicyclic) bond motifs is 1. The SMILES string of the molecule is C[C@H]1C(=O)N(C)C[C@@H]2CN(Cc3cccc(F)c3)C(=O)N21. The molecule has 6 heteroatoms. The highest BCUT2D eigenvalue weighted by atomic mass is 19.1. The summed E-state index contributed by atoms with van der Waals surface area (Å²) in [7, 11) is 1.76. The molecule has 0 saturated carbocycles. The number of amides is 3. The number of benzene rings is 1. The average Bonchev–Trinajstić information content (AvgIpc) is 2.73. The van der Waals surface area contributed by atoms with Crippen LogP contribution in [0.5, 0.6) is 0 Å². The number of likely N-dealkylation sites (N-methyl/N-ethyl adjacent to an activating group) is 1. The van der Waals surface area contributed by atoms with Crippen LogP contribution in [0.2, 0.25) is 0 Å². The maximum absolute atomic E-state index is 13.2. The second-order valence-corrected chi connectivity index (χ2v) is 5.75. The van der Waals surface area contributed by atoms with Crippen LogP contribution in [-0.2, 0) is 11.3 Å². The molecule has 2 atom stereocenters. The van der Waals surface area contributed by atoms with Gasteiger partial charge >= 0.3 is 6.03 Å². The predicted octanol–water partition coefficient (Wildman–Crippen LogP) is 1.29. The second kappa shape index (κ2) is 5.02. The molecule has 2 aliphatic heterocycles. The molecule has 2 saturated heterocycles. The summed E-state index contributed by atoms with van der Waals surface area (Å²) in [6, 6.07) is 5.70. The lowest BCUT2D eigenvalue weighted by Gasteiger charge is -2.38. The maximum Gasteiger partial charge on any atom is 0.321 e. The molecule has 0 N–H and O–H groups in total. The molecule has 2 fully saturated rings. The van der Waals surface area contributed by atoms with Gasteiger partial charge in [0.25, 0.3) is 0 Å². The van der Waals surface area contributed by atoms with E-state index in [4.69, 9.17) is 0 Å². The fourth-order valence-corrected chi connectivity index (χ4v) is 3.20. The Hall–Kier alpha value is -2.11. The fraction of sp³-hybridized carbons (Fsp3) is 0.467. The van der Waals surface area contributed by atoms with E-state index in [9.17, 15) is 14.0 Å². The Bertz CT molecular complexity index is 592. The van der Waals surface area contributed by atoms with Crippen LogP contribution >= 0.6 is 0 Å². The van der Waals surface area contributed by atoms with Gasteiger partial charge in [-0.15, -0.1) is 0 Å². The third-order valence-electron chi connectivity index (χ3n) is 4.21. The van der Waals surface area contributed by atoms with Crippen molar-refractivity contribution in [3.05, 3.63) is 35.6 Å². The zero-order valence-electron chi connectivity index (χ0n) is 12.1. The van der Waals surface area contributed by atoms with E-state index in [1.54, 1.807) is 40.8 Å². The Labute approximate surface area is 122 Å². The van der Waals surface area contributed by atoms with Crippen molar-refractivity contribution in [2.45, 2.75) is 25.6 Å². The van der Waals surface area contributed by atoms with E-state index in [-0.39, 0.29) is 23.8 Å². The standard InChI is InChI=1S/C15H18FN3O2/c1-10-14(20)17(2)8-13-9-18(15(21)19(10)13)7-11-4-3-5-12(16)6-11/h3-6,10,13H,7-9H2,1-2H3/t10-,13+/m0/s1. The predicted molar refractivity (Wildman–Crippen MR) is 74.9 cm³/mol. The third kappa shape index (κ3) is 2.34. The van der Waals surface area contributed by atoms with Crippen molar-refractivity contribution in [2.75, 3.05) is 20.1 Å². The minimum absolute atomic E-state index is 0.0174. The van der Waals surface area contributed by atoms with Crippen molar-refractivity contribution >= 4 is 11.9 Å². The van der Waals surface area contributed by atoms with Crippen molar-refractivity contribution < 1.29 is 14.0 Å². The number of carbonyl (C=O) groups excluding carboxylic acids is 2. The highest BCUT2D eigenvalue weighted by Gasteiger charge is 2.46. The van der Waals surface area contributed by atoms with E-state index in [1.165, 1.54) is 12.1 Å². The number of nitrogens with zero attached hydrogens (tertiary/aromatic N) is 3. The summed E-state index contributed by atoms with van der Waals surface area (Å²) in [5.74, 6) is -0.340. The molecule has 1 aromatic rings. The van der Waals surface area contributed by atoms with Crippen molar-refractivity contribution in [3.8, 4) is 0 Å². The van der Waals surface area contributed by atoms with Gasteiger partial charge in [0.05, 0.1) is 6.04 Å². The molecular formula is C15H18FN3O2. The number of carbonyl (C=O) groups is 2. The Morgan fingerprint density at radius 3 is 2.76 bits per heavy atom. The fourth-order valence-electron chi connectivity index (χ4n) is 3.20. The van der Waals surface area contributed by atoms with Crippen LogP contribution in [0.15, 0.2) is 24.3 Å². The number of piperazine rings is 1. The number of hydrogen-bond donors (Lipinski definition) is 0. The monoisotopic (exact) mass is 291 g/mol. The lowest BCUT2D eigenvalue weighted by molar-refractivity contribution is -0.139. The van der Waals surface area contributed by atoms with Gasteiger partial charge in [0.15, 0.2) is 0 Å². The van der Waals surface area contributed by atoms with Crippen molar-refractivity contribution in [2.24, 2.45) is 0 Å². The molecular weight excluding hydrogens is 273 g/mol. The zero-order valence-corrected chi connectivity index (χ0v) is 12.1. The molecule has 3 rings (SSSR count). The molecule has 21 heavy (non-hydrogen) atoms. The minimum atomic E-state index is -0.432. The van der Waals surface area contributed by atoms with Gasteiger partial charge < -0.3 is 14.7 Å². The van der Waals surface area contributed by atoms with E-state index in [1.807, 2.05) is 0 Å². The average molecular weight is 291 g/mol. The Morgan fingerprint density at radius 1 is 1.29 bits per heavy atom. The van der Waals surface area contributed by atoms with Crippen molar-refractivity contribution in [3.63, 3.8) is 0 Å². The number of urea groups is 1. The first-order valence-corrected chi connectivity index (χ1v) is 7.04. The maximum atomic E-state index is 13.2. The molecule has 0 aromatic heterocycles. The number of hydrogen-bond acceptors (Lipinski definition) is 2. The van der Waals surface area contributed by atoms with Gasteiger partial charge in [0.1, 0.15) is 11.9 Å². The minimum Gasteiger partial charge on any atom is -0.342 e. The first-order valence-electron chi connectivity index (χ1n) is 7.04. The normalized spacial score (nSPS) is 25.6. The van der Waals surface area contributed by atoms with Gasteiger partial charge in [-0.1, -0.05) is 12.1 Å². The zero-order chi connectivity index (χ0) is 15.1. The second-order valence-electron chi connectivity index (χ2n) is 5.75. The third-order valence-corrected chi connectivity index (χ3v) is 4.21. The molecule has 0 bridgehead atoms. The topological polar surface area (TPSA) is 43.9 Å². The van der Waals surface area contributed by atoms with E-state index in [2.05, 4.69) is 0 Å². The summed E-state index contributed by atoms with van der Waals surface area (Å²) >= 11 is 0. The Morgan fingerprint density at radius 2 is 2.05 bits per heavy atom. The summed E-state index contributed by atoms with van der Waals surface area (Å²) in [5.41, 5.74) is 0.760. The summed E-state index contributed by atoms with van der Waals surface area (Å²) < 4.78 is 13.2. The molecule has 0 radical (unpaired) electrons. The van der Waals surface area contributed by atoms with E-state index >= 15 is 0 Å². The molecule has 3 amide bonds. The van der Waals surface area contributed by atoms with Crippen molar-refractivity contribution in [1.29, 1.82) is 0 Å². The largest absolute Gasteiger partial charge is 0.342 e. The molecule has 0 aliphatic carbocycles. The summed E-state index contributed by atoms with van der Waals surface area (Å²) in [5, 5.41) is 0. The molecule has 112 valence electrons. The van der Waals surface area contributed by atoms with Crippen LogP contribution in [0, 0.1) is 5.82 Å². The highest BCUT2D eigenvalue weighted by Crippen LogP contribution is 2.26. The van der Waals surface area contributed by atoms with Gasteiger partial charge in [-0.05, 0) is 24.6 Å². The molecule has 2 heterocycles. The number of rotatable bonds is 2. The van der Waals surface area contributed by atoms with Crippen molar-refractivity contribution in [1.82, 2.24) is 14.7 Å². The Balaban J connectivity index is 1.78. The highest BCUT2D eigenvalue weighted by molar-refractivity contribution is 5.89. The van der Waals surface area contributed by atoms with E-state index < -0.39 is 6.04 Å². The van der Waals surface area contributed by atoms with E-state index in [0.717, 1.165) is 5.56 Å². The van der Waals surface area contributed by atoms with Gasteiger partial charge in [0.2, 0.25) is 5.91 Å². The van der Waals surface area contributed by atoms with E-state index in [0.29, 0.717) is 19.6 Å². The van der Waals surface area contributed by atoms with Crippen LogP contribution in [-0.4, -0.2) is 58.9 Å². The lowest BCUT2D eigenvalue weighted by atomic mass is 10.1. The van der Waals surface area contributed by atoms with Crippen LogP contribution in [0.25, 0.3) is 0 Å². The molecule has 1 aromatic carbocycles. The van der Waals surface area contributed by atoms with Gasteiger partial charge in [-0.25, -0.2) is 9.18 Å². The first kappa shape index (κ1) is 13.9. The van der Waals surface area contributed by atoms with Crippen LogP contribution in [0.3, 0.4) is 0 Å². The first-order chi connectivity index (χ1) is 9.97. The Kier molecular flexibility index (Phi) is 3.31. The molecule has 5 nitrogen and oxygen atoms in total. The van der Waals surface area contributed by atoms with Crippen LogP contribution in [0.1, 0.15) is 12.5 Å². The summed E-state index contributed by atoms with van der Waals surface area (Å²) in [6.45, 7) is 3.24. The van der Waals surface area contributed by atoms with Crippen LogP contribution < -0.4 is 0 Å². The smallest absolute Gasteiger partial charge is 0.321 e. The molecule has 2 aliphatic rings. The van der Waals surface area contributed by atoms with Gasteiger partial charge in [-0.3, -0.25) is 4.79 Å². The molecule has 0 spiro atoms. The summed E-state index contributed by atoms with van der Waals surface area (Å²) in [6.07, 6.45) is 0. The van der Waals surface area contributed by atoms with Gasteiger partial charge in [0, 0.05) is 26.7 Å². The molecule has 0 unspecified atom stereocenters. The van der Waals surface area contributed by atoms with Gasteiger partial charge in [-0.2, -0.15) is 0 Å². The summed E-state index contributed by atoms with van der Waals surface area (Å²) in [4.78, 5) is 29.5. The lowest BCUT2D eigenvalue weighted by Crippen LogP contribution is -2.58. The number of halogens is 1. The quantitative estimate of drug-likeness (QED) is 0.824. The van der Waals surface area contributed by atoms with Crippen LogP contribution in [0.4, 0.5) is 9.18 Å².